The maximum absolute atomic E-state index is 6.29. The van der Waals surface area contributed by atoms with Gasteiger partial charge in [0.25, 0.3) is 0 Å². The summed E-state index contributed by atoms with van der Waals surface area (Å²) in [7, 11) is 0. The van der Waals surface area contributed by atoms with E-state index in [1.165, 1.54) is 19.3 Å². The van der Waals surface area contributed by atoms with Crippen LogP contribution in [0.4, 0.5) is 0 Å². The van der Waals surface area contributed by atoms with E-state index in [0.717, 1.165) is 28.6 Å². The first kappa shape index (κ1) is 14.2. The van der Waals surface area contributed by atoms with E-state index in [4.69, 9.17) is 23.2 Å². The van der Waals surface area contributed by atoms with E-state index in [1.54, 1.807) is 0 Å². The van der Waals surface area contributed by atoms with Crippen LogP contribution in [0.5, 0.6) is 0 Å². The van der Waals surface area contributed by atoms with E-state index < -0.39 is 0 Å². The molecule has 1 aromatic rings. The van der Waals surface area contributed by atoms with Crippen molar-refractivity contribution in [2.24, 2.45) is 5.92 Å². The van der Waals surface area contributed by atoms with Crippen molar-refractivity contribution in [2.45, 2.75) is 45.1 Å². The Morgan fingerprint density at radius 2 is 1.94 bits per heavy atom. The Morgan fingerprint density at radius 1 is 1.28 bits per heavy atom. The fourth-order valence-corrected chi connectivity index (χ4v) is 3.62. The second kappa shape index (κ2) is 5.81. The molecule has 0 radical (unpaired) electrons. The SMILES string of the molecule is CC(C)CC1(Cc2c(Cl)cccc2Cl)CCCN1. The zero-order chi connectivity index (χ0) is 13.2. The molecule has 0 aromatic heterocycles. The van der Waals surface area contributed by atoms with Crippen LogP contribution in [-0.2, 0) is 6.42 Å². The predicted octanol–water partition coefficient (Wildman–Crippen LogP) is 4.70. The number of nitrogens with one attached hydrogen (secondary N) is 1. The van der Waals surface area contributed by atoms with Gasteiger partial charge in [-0.2, -0.15) is 0 Å². The van der Waals surface area contributed by atoms with Crippen LogP contribution in [0.2, 0.25) is 10.0 Å². The molecule has 0 aliphatic carbocycles. The van der Waals surface area contributed by atoms with Gasteiger partial charge in [-0.25, -0.2) is 0 Å². The number of rotatable bonds is 4. The van der Waals surface area contributed by atoms with Gasteiger partial charge in [-0.3, -0.25) is 0 Å². The zero-order valence-corrected chi connectivity index (χ0v) is 12.6. The molecule has 1 atom stereocenters. The molecule has 0 bridgehead atoms. The van der Waals surface area contributed by atoms with Gasteiger partial charge in [-0.1, -0.05) is 43.1 Å². The minimum atomic E-state index is 0.183. The summed E-state index contributed by atoms with van der Waals surface area (Å²) in [4.78, 5) is 0. The van der Waals surface area contributed by atoms with Gasteiger partial charge in [-0.15, -0.1) is 0 Å². The summed E-state index contributed by atoms with van der Waals surface area (Å²) in [5.74, 6) is 0.678. The number of hydrogen-bond donors (Lipinski definition) is 1. The normalized spacial score (nSPS) is 23.8. The van der Waals surface area contributed by atoms with E-state index in [2.05, 4.69) is 19.2 Å². The minimum absolute atomic E-state index is 0.183. The van der Waals surface area contributed by atoms with Crippen molar-refractivity contribution >= 4 is 23.2 Å². The summed E-state index contributed by atoms with van der Waals surface area (Å²) in [5.41, 5.74) is 1.28. The van der Waals surface area contributed by atoms with Gasteiger partial charge in [0.15, 0.2) is 0 Å². The molecular formula is C15H21Cl2N. The van der Waals surface area contributed by atoms with Gasteiger partial charge in [0, 0.05) is 15.6 Å². The molecule has 1 N–H and O–H groups in total. The highest BCUT2D eigenvalue weighted by molar-refractivity contribution is 6.36. The van der Waals surface area contributed by atoms with Crippen LogP contribution in [0.1, 0.15) is 38.7 Å². The highest BCUT2D eigenvalue weighted by Crippen LogP contribution is 2.35. The van der Waals surface area contributed by atoms with Crippen LogP contribution in [-0.4, -0.2) is 12.1 Å². The maximum atomic E-state index is 6.29. The molecule has 1 nitrogen and oxygen atoms in total. The molecule has 3 heteroatoms. The van der Waals surface area contributed by atoms with Crippen LogP contribution in [0.3, 0.4) is 0 Å². The summed E-state index contributed by atoms with van der Waals surface area (Å²) in [6, 6.07) is 5.77. The van der Waals surface area contributed by atoms with Crippen LogP contribution in [0, 0.1) is 5.92 Å². The molecule has 1 saturated heterocycles. The Bertz CT molecular complexity index is 389. The molecule has 1 aromatic carbocycles. The topological polar surface area (TPSA) is 12.0 Å². The molecule has 0 spiro atoms. The molecule has 1 unspecified atom stereocenters. The summed E-state index contributed by atoms with van der Waals surface area (Å²) >= 11 is 12.6. The summed E-state index contributed by atoms with van der Waals surface area (Å²) in [6.45, 7) is 5.65. The molecule has 1 fully saturated rings. The monoisotopic (exact) mass is 285 g/mol. The molecule has 2 rings (SSSR count). The first-order chi connectivity index (χ1) is 8.52. The third-order valence-electron chi connectivity index (χ3n) is 3.71. The second-order valence-corrected chi connectivity index (χ2v) is 6.60. The minimum Gasteiger partial charge on any atom is -0.311 e. The lowest BCUT2D eigenvalue weighted by molar-refractivity contribution is 0.301. The smallest absolute Gasteiger partial charge is 0.0453 e. The highest BCUT2D eigenvalue weighted by atomic mass is 35.5. The highest BCUT2D eigenvalue weighted by Gasteiger charge is 2.35. The zero-order valence-electron chi connectivity index (χ0n) is 11.1. The number of benzene rings is 1. The van der Waals surface area contributed by atoms with Crippen molar-refractivity contribution < 1.29 is 0 Å². The van der Waals surface area contributed by atoms with E-state index in [1.807, 2.05) is 18.2 Å². The van der Waals surface area contributed by atoms with Crippen LogP contribution < -0.4 is 5.32 Å². The van der Waals surface area contributed by atoms with Gasteiger partial charge in [0.2, 0.25) is 0 Å². The van der Waals surface area contributed by atoms with Crippen LogP contribution in [0.15, 0.2) is 18.2 Å². The molecule has 18 heavy (non-hydrogen) atoms. The van der Waals surface area contributed by atoms with E-state index in [9.17, 15) is 0 Å². The lowest BCUT2D eigenvalue weighted by Crippen LogP contribution is -2.43. The molecule has 1 aliphatic heterocycles. The van der Waals surface area contributed by atoms with E-state index in [0.29, 0.717) is 5.92 Å². The molecular weight excluding hydrogens is 265 g/mol. The largest absolute Gasteiger partial charge is 0.311 e. The number of halogens is 2. The van der Waals surface area contributed by atoms with Crippen molar-refractivity contribution in [1.82, 2.24) is 5.32 Å². The molecule has 1 aliphatic rings. The molecule has 0 saturated carbocycles. The summed E-state index contributed by atoms with van der Waals surface area (Å²) in [6.07, 6.45) is 4.57. The third-order valence-corrected chi connectivity index (χ3v) is 4.42. The lowest BCUT2D eigenvalue weighted by Gasteiger charge is -2.32. The summed E-state index contributed by atoms with van der Waals surface area (Å²) < 4.78 is 0. The molecule has 0 amide bonds. The standard InChI is InChI=1S/C15H21Cl2N/c1-11(2)9-15(7-4-8-18-15)10-12-13(16)5-3-6-14(12)17/h3,5-6,11,18H,4,7-10H2,1-2H3. The van der Waals surface area contributed by atoms with Crippen molar-refractivity contribution in [3.8, 4) is 0 Å². The van der Waals surface area contributed by atoms with Gasteiger partial charge >= 0.3 is 0 Å². The first-order valence-electron chi connectivity index (χ1n) is 6.70. The lowest BCUT2D eigenvalue weighted by atomic mass is 9.82. The Morgan fingerprint density at radius 3 is 2.44 bits per heavy atom. The molecule has 1 heterocycles. The van der Waals surface area contributed by atoms with Crippen molar-refractivity contribution in [1.29, 1.82) is 0 Å². The Labute approximate surface area is 120 Å². The quantitative estimate of drug-likeness (QED) is 0.845. The van der Waals surface area contributed by atoms with Crippen molar-refractivity contribution in [3.05, 3.63) is 33.8 Å². The van der Waals surface area contributed by atoms with Gasteiger partial charge in [0.1, 0.15) is 0 Å². The molecule has 100 valence electrons. The van der Waals surface area contributed by atoms with Gasteiger partial charge < -0.3 is 5.32 Å². The first-order valence-corrected chi connectivity index (χ1v) is 7.46. The summed E-state index contributed by atoms with van der Waals surface area (Å²) in [5, 5.41) is 5.27. The van der Waals surface area contributed by atoms with Gasteiger partial charge in [-0.05, 0) is 55.8 Å². The predicted molar refractivity (Wildman–Crippen MR) is 79.6 cm³/mol. The van der Waals surface area contributed by atoms with E-state index >= 15 is 0 Å². The van der Waals surface area contributed by atoms with Gasteiger partial charge in [0.05, 0.1) is 0 Å². The van der Waals surface area contributed by atoms with Crippen LogP contribution >= 0.6 is 23.2 Å². The fraction of sp³-hybridized carbons (Fsp3) is 0.600. The average molecular weight is 286 g/mol. The second-order valence-electron chi connectivity index (χ2n) is 5.79. The number of hydrogen-bond acceptors (Lipinski definition) is 1. The Balaban J connectivity index is 2.24. The van der Waals surface area contributed by atoms with Crippen LogP contribution in [0.25, 0.3) is 0 Å². The third kappa shape index (κ3) is 3.20. The maximum Gasteiger partial charge on any atom is 0.0453 e. The fourth-order valence-electron chi connectivity index (χ4n) is 3.09. The van der Waals surface area contributed by atoms with E-state index in [-0.39, 0.29) is 5.54 Å². The van der Waals surface area contributed by atoms with Crippen molar-refractivity contribution in [2.75, 3.05) is 6.54 Å². The Hall–Kier alpha value is -0.240. The average Bonchev–Trinajstić information content (AvgIpc) is 2.72. The Kier molecular flexibility index (Phi) is 4.58. The van der Waals surface area contributed by atoms with Crippen molar-refractivity contribution in [3.63, 3.8) is 0 Å².